The topological polar surface area (TPSA) is 88.2 Å². The molecule has 1 aromatic heterocycles. The minimum atomic E-state index is -1.13. The van der Waals surface area contributed by atoms with Gasteiger partial charge in [-0.05, 0) is 37.1 Å². The van der Waals surface area contributed by atoms with E-state index in [1.54, 1.807) is 26.0 Å². The number of anilines is 2. The second kappa shape index (κ2) is 5.78. The largest absolute Gasteiger partial charge is 0.478 e. The van der Waals surface area contributed by atoms with Gasteiger partial charge in [0.1, 0.15) is 17.2 Å². The van der Waals surface area contributed by atoms with E-state index in [0.717, 1.165) is 0 Å². The van der Waals surface area contributed by atoms with Crippen molar-refractivity contribution in [2.24, 2.45) is 0 Å². The lowest BCUT2D eigenvalue weighted by Gasteiger charge is -2.17. The van der Waals surface area contributed by atoms with Crippen molar-refractivity contribution in [1.29, 1.82) is 0 Å². The second-order valence-corrected chi connectivity index (χ2v) is 4.84. The Kier molecular flexibility index (Phi) is 4.07. The smallest absolute Gasteiger partial charge is 0.339 e. The number of aromatic carboxylic acids is 1. The van der Waals surface area contributed by atoms with Crippen LogP contribution in [0.5, 0.6) is 0 Å². The fourth-order valence-electron chi connectivity index (χ4n) is 1.93. The minimum Gasteiger partial charge on any atom is -0.478 e. The Labute approximate surface area is 121 Å². The number of aryl methyl sites for hydroxylation is 1. The Morgan fingerprint density at radius 1 is 1.43 bits per heavy atom. The highest BCUT2D eigenvalue weighted by Gasteiger charge is 2.15. The van der Waals surface area contributed by atoms with E-state index in [1.807, 2.05) is 0 Å². The van der Waals surface area contributed by atoms with Gasteiger partial charge in [0.15, 0.2) is 0 Å². The van der Waals surface area contributed by atoms with Gasteiger partial charge in [-0.2, -0.15) is 0 Å². The molecule has 0 amide bonds. The van der Waals surface area contributed by atoms with Crippen LogP contribution in [0.1, 0.15) is 34.5 Å². The number of rotatable bonds is 4. The standard InChI is InChI=1S/C15H16FN3O2/c1-8-3-4-10(5-13(8)16)9(2)19-14-12(15(20)21)6-11(17)7-18-14/h3-7,9H,17H2,1-2H3,(H,18,19)(H,20,21). The molecular weight excluding hydrogens is 273 g/mol. The van der Waals surface area contributed by atoms with Gasteiger partial charge in [-0.1, -0.05) is 12.1 Å². The molecule has 1 unspecified atom stereocenters. The molecule has 1 aromatic carbocycles. The van der Waals surface area contributed by atoms with E-state index >= 15 is 0 Å². The normalized spacial score (nSPS) is 12.0. The average Bonchev–Trinajstić information content (AvgIpc) is 2.43. The van der Waals surface area contributed by atoms with E-state index in [9.17, 15) is 9.18 Å². The molecule has 0 radical (unpaired) electrons. The number of halogens is 1. The molecule has 6 heteroatoms. The third-order valence-corrected chi connectivity index (χ3v) is 3.19. The van der Waals surface area contributed by atoms with Crippen LogP contribution in [0, 0.1) is 12.7 Å². The number of carboxylic acid groups (broad SMARTS) is 1. The minimum absolute atomic E-state index is 0.0190. The summed E-state index contributed by atoms with van der Waals surface area (Å²) < 4.78 is 13.6. The lowest BCUT2D eigenvalue weighted by atomic mass is 10.1. The van der Waals surface area contributed by atoms with E-state index in [4.69, 9.17) is 10.8 Å². The van der Waals surface area contributed by atoms with Gasteiger partial charge in [-0.25, -0.2) is 14.2 Å². The van der Waals surface area contributed by atoms with Crippen LogP contribution in [0.3, 0.4) is 0 Å². The maximum absolute atomic E-state index is 13.6. The number of nitrogens with two attached hydrogens (primary N) is 1. The van der Waals surface area contributed by atoms with E-state index in [2.05, 4.69) is 10.3 Å². The van der Waals surface area contributed by atoms with E-state index in [-0.39, 0.29) is 28.9 Å². The van der Waals surface area contributed by atoms with Crippen LogP contribution >= 0.6 is 0 Å². The van der Waals surface area contributed by atoms with Crippen LogP contribution in [0.2, 0.25) is 0 Å². The van der Waals surface area contributed by atoms with E-state index in [1.165, 1.54) is 18.3 Å². The number of nitrogens with zero attached hydrogens (tertiary/aromatic N) is 1. The summed E-state index contributed by atoms with van der Waals surface area (Å²) in [6.07, 6.45) is 1.37. The number of pyridine rings is 1. The first-order valence-corrected chi connectivity index (χ1v) is 6.40. The fraction of sp³-hybridized carbons (Fsp3) is 0.200. The first-order chi connectivity index (χ1) is 9.88. The molecular formula is C15H16FN3O2. The van der Waals surface area contributed by atoms with Crippen molar-refractivity contribution < 1.29 is 14.3 Å². The second-order valence-electron chi connectivity index (χ2n) is 4.84. The van der Waals surface area contributed by atoms with Crippen molar-refractivity contribution in [1.82, 2.24) is 4.98 Å². The number of hydrogen-bond acceptors (Lipinski definition) is 4. The number of hydrogen-bond donors (Lipinski definition) is 3. The van der Waals surface area contributed by atoms with Gasteiger partial charge in [0, 0.05) is 0 Å². The van der Waals surface area contributed by atoms with Crippen molar-refractivity contribution >= 4 is 17.5 Å². The summed E-state index contributed by atoms with van der Waals surface area (Å²) in [5.41, 5.74) is 7.05. The molecule has 1 heterocycles. The molecule has 2 aromatic rings. The molecule has 21 heavy (non-hydrogen) atoms. The van der Waals surface area contributed by atoms with Crippen molar-refractivity contribution in [3.8, 4) is 0 Å². The molecule has 0 saturated carbocycles. The summed E-state index contributed by atoms with van der Waals surface area (Å²) in [5.74, 6) is -1.23. The van der Waals surface area contributed by atoms with Crippen LogP contribution in [-0.2, 0) is 0 Å². The number of carboxylic acids is 1. The average molecular weight is 289 g/mol. The summed E-state index contributed by atoms with van der Waals surface area (Å²) in [5, 5.41) is 12.1. The Morgan fingerprint density at radius 3 is 2.76 bits per heavy atom. The fourth-order valence-corrected chi connectivity index (χ4v) is 1.93. The molecule has 0 saturated heterocycles. The maximum Gasteiger partial charge on any atom is 0.339 e. The van der Waals surface area contributed by atoms with Gasteiger partial charge in [0.2, 0.25) is 0 Å². The van der Waals surface area contributed by atoms with Crippen molar-refractivity contribution in [2.75, 3.05) is 11.1 Å². The van der Waals surface area contributed by atoms with Crippen molar-refractivity contribution in [3.05, 3.63) is 53.0 Å². The van der Waals surface area contributed by atoms with Gasteiger partial charge in [0.25, 0.3) is 0 Å². The first kappa shape index (κ1) is 14.8. The third-order valence-electron chi connectivity index (χ3n) is 3.19. The zero-order valence-electron chi connectivity index (χ0n) is 11.7. The van der Waals surface area contributed by atoms with Crippen LogP contribution in [0.15, 0.2) is 30.5 Å². The van der Waals surface area contributed by atoms with Crippen LogP contribution < -0.4 is 11.1 Å². The number of nitrogens with one attached hydrogen (secondary N) is 1. The zero-order chi connectivity index (χ0) is 15.6. The molecule has 0 fully saturated rings. The van der Waals surface area contributed by atoms with Crippen LogP contribution in [0.25, 0.3) is 0 Å². The van der Waals surface area contributed by atoms with Gasteiger partial charge < -0.3 is 16.2 Å². The lowest BCUT2D eigenvalue weighted by molar-refractivity contribution is 0.0697. The maximum atomic E-state index is 13.6. The van der Waals surface area contributed by atoms with Gasteiger partial charge in [-0.15, -0.1) is 0 Å². The lowest BCUT2D eigenvalue weighted by Crippen LogP contribution is -2.13. The molecule has 0 aliphatic rings. The molecule has 1 atom stereocenters. The van der Waals surface area contributed by atoms with E-state index in [0.29, 0.717) is 11.1 Å². The number of carbonyl (C=O) groups is 1. The molecule has 0 bridgehead atoms. The number of nitrogen functional groups attached to an aromatic ring is 1. The van der Waals surface area contributed by atoms with Crippen molar-refractivity contribution in [2.45, 2.75) is 19.9 Å². The Bertz CT molecular complexity index is 689. The predicted molar refractivity (Wildman–Crippen MR) is 78.8 cm³/mol. The summed E-state index contributed by atoms with van der Waals surface area (Å²) in [7, 11) is 0. The highest BCUT2D eigenvalue weighted by molar-refractivity contribution is 5.94. The molecule has 0 spiro atoms. The summed E-state index contributed by atoms with van der Waals surface area (Å²) in [6.45, 7) is 3.48. The highest BCUT2D eigenvalue weighted by Crippen LogP contribution is 2.23. The zero-order valence-corrected chi connectivity index (χ0v) is 11.7. The SMILES string of the molecule is Cc1ccc(C(C)Nc2ncc(N)cc2C(=O)O)cc1F. The number of aromatic nitrogens is 1. The van der Waals surface area contributed by atoms with Crippen molar-refractivity contribution in [3.63, 3.8) is 0 Å². The third kappa shape index (κ3) is 3.28. The summed E-state index contributed by atoms with van der Waals surface area (Å²) >= 11 is 0. The molecule has 2 rings (SSSR count). The first-order valence-electron chi connectivity index (χ1n) is 6.40. The predicted octanol–water partition coefficient (Wildman–Crippen LogP) is 2.98. The molecule has 4 N–H and O–H groups in total. The Hall–Kier alpha value is -2.63. The quantitative estimate of drug-likeness (QED) is 0.805. The monoisotopic (exact) mass is 289 g/mol. The Morgan fingerprint density at radius 2 is 2.14 bits per heavy atom. The summed E-state index contributed by atoms with van der Waals surface area (Å²) in [4.78, 5) is 15.2. The van der Waals surface area contributed by atoms with Crippen LogP contribution in [-0.4, -0.2) is 16.1 Å². The molecule has 5 nitrogen and oxygen atoms in total. The Balaban J connectivity index is 2.29. The number of benzene rings is 1. The molecule has 0 aliphatic heterocycles. The molecule has 0 aliphatic carbocycles. The van der Waals surface area contributed by atoms with Gasteiger partial charge in [0.05, 0.1) is 17.9 Å². The highest BCUT2D eigenvalue weighted by atomic mass is 19.1. The van der Waals surface area contributed by atoms with Crippen LogP contribution in [0.4, 0.5) is 15.9 Å². The van der Waals surface area contributed by atoms with E-state index < -0.39 is 5.97 Å². The van der Waals surface area contributed by atoms with Gasteiger partial charge >= 0.3 is 5.97 Å². The van der Waals surface area contributed by atoms with Gasteiger partial charge in [-0.3, -0.25) is 0 Å². The molecule has 110 valence electrons. The summed E-state index contributed by atoms with van der Waals surface area (Å²) in [6, 6.07) is 5.92.